The lowest BCUT2D eigenvalue weighted by atomic mass is 9.94. The molecule has 6 nitrogen and oxygen atoms in total. The summed E-state index contributed by atoms with van der Waals surface area (Å²) in [5.74, 6) is -0.431. The van der Waals surface area contributed by atoms with Gasteiger partial charge in [-0.2, -0.15) is 0 Å². The zero-order chi connectivity index (χ0) is 28.3. The van der Waals surface area contributed by atoms with Crippen LogP contribution in [0.2, 0.25) is 0 Å². The van der Waals surface area contributed by atoms with Gasteiger partial charge in [0.25, 0.3) is 0 Å². The summed E-state index contributed by atoms with van der Waals surface area (Å²) in [5.41, 5.74) is 3.58. The van der Waals surface area contributed by atoms with Crippen molar-refractivity contribution in [2.75, 3.05) is 6.61 Å². The quantitative estimate of drug-likeness (QED) is 0.190. The van der Waals surface area contributed by atoms with Crippen molar-refractivity contribution >= 4 is 5.97 Å². The van der Waals surface area contributed by atoms with Crippen LogP contribution in [0.3, 0.4) is 0 Å². The van der Waals surface area contributed by atoms with Crippen LogP contribution in [-0.2, 0) is 43.5 Å². The summed E-state index contributed by atoms with van der Waals surface area (Å²) in [6.07, 6.45) is -2.74. The number of carbonyl (C=O) groups is 1. The number of hydrogen-bond acceptors (Lipinski definition) is 6. The summed E-state index contributed by atoms with van der Waals surface area (Å²) in [7, 11) is 0. The summed E-state index contributed by atoms with van der Waals surface area (Å²) in [4.78, 5) is 13.2. The Kier molecular flexibility index (Phi) is 10.3. The maximum absolute atomic E-state index is 13.2. The zero-order valence-electron chi connectivity index (χ0n) is 23.2. The first-order chi connectivity index (χ1) is 20.2. The summed E-state index contributed by atoms with van der Waals surface area (Å²) in [6.45, 7) is 3.33. The molecule has 0 saturated carbocycles. The van der Waals surface area contributed by atoms with Crippen LogP contribution in [0.4, 0.5) is 0 Å². The molecule has 6 heteroatoms. The molecule has 0 aliphatic carbocycles. The van der Waals surface area contributed by atoms with Gasteiger partial charge in [-0.1, -0.05) is 109 Å². The second-order valence-electron chi connectivity index (χ2n) is 10.1. The highest BCUT2D eigenvalue weighted by Gasteiger charge is 2.48. The maximum atomic E-state index is 13.2. The van der Waals surface area contributed by atoms with Crippen LogP contribution in [-0.4, -0.2) is 43.1 Å². The van der Waals surface area contributed by atoms with Gasteiger partial charge >= 0.3 is 5.97 Å². The Morgan fingerprint density at radius 3 is 1.61 bits per heavy atom. The fraction of sp³-hybridized carbons (Fsp3) is 0.286. The summed E-state index contributed by atoms with van der Waals surface area (Å²) in [5, 5.41) is 0. The minimum atomic E-state index is -0.697. The number of esters is 1. The van der Waals surface area contributed by atoms with Gasteiger partial charge in [0.2, 0.25) is 0 Å². The second-order valence-corrected chi connectivity index (χ2v) is 10.1. The number of carbonyl (C=O) groups excluding carboxylic acids is 1. The number of rotatable bonds is 12. The van der Waals surface area contributed by atoms with Crippen LogP contribution in [0.1, 0.15) is 34.0 Å². The minimum Gasteiger partial charge on any atom is -0.453 e. The van der Waals surface area contributed by atoms with Crippen LogP contribution < -0.4 is 0 Å². The van der Waals surface area contributed by atoms with Crippen LogP contribution in [0.25, 0.3) is 0 Å². The molecule has 41 heavy (non-hydrogen) atoms. The molecule has 0 radical (unpaired) electrons. The van der Waals surface area contributed by atoms with Crippen LogP contribution in [0.15, 0.2) is 121 Å². The molecule has 1 aliphatic rings. The van der Waals surface area contributed by atoms with E-state index < -0.39 is 36.5 Å². The van der Waals surface area contributed by atoms with Crippen molar-refractivity contribution in [2.24, 2.45) is 0 Å². The lowest BCUT2D eigenvalue weighted by Crippen LogP contribution is -2.60. The lowest BCUT2D eigenvalue weighted by Gasteiger charge is -2.45. The van der Waals surface area contributed by atoms with E-state index >= 15 is 0 Å². The van der Waals surface area contributed by atoms with Crippen LogP contribution in [0.5, 0.6) is 0 Å². The fourth-order valence-electron chi connectivity index (χ4n) is 4.95. The molecule has 5 unspecified atom stereocenters. The standard InChI is InChI=1S/C35H36O6/c1-26-32(41-35(36)30-20-12-5-13-21-30)34(39-24-29-18-10-4-11-19-29)33(38-23-28-16-8-3-9-17-28)31(40-26)25-37-22-27-14-6-2-7-15-27/h2-21,26,31-34H,22-25H2,1H3. The lowest BCUT2D eigenvalue weighted by molar-refractivity contribution is -0.257. The van der Waals surface area contributed by atoms with Gasteiger partial charge in [0.1, 0.15) is 18.3 Å². The van der Waals surface area contributed by atoms with E-state index in [1.807, 2.05) is 116 Å². The van der Waals surface area contributed by atoms with E-state index in [9.17, 15) is 4.79 Å². The van der Waals surface area contributed by atoms with E-state index in [1.54, 1.807) is 12.1 Å². The first-order valence-corrected chi connectivity index (χ1v) is 14.0. The average Bonchev–Trinajstić information content (AvgIpc) is 3.02. The number of hydrogen-bond donors (Lipinski definition) is 0. The normalized spacial score (nSPS) is 22.2. The Morgan fingerprint density at radius 1 is 0.610 bits per heavy atom. The molecule has 1 heterocycles. The first kappa shape index (κ1) is 28.7. The van der Waals surface area contributed by atoms with Crippen molar-refractivity contribution in [1.82, 2.24) is 0 Å². The third-order valence-corrected chi connectivity index (χ3v) is 7.08. The Bertz CT molecular complexity index is 1320. The highest BCUT2D eigenvalue weighted by atomic mass is 16.6. The summed E-state index contributed by atoms with van der Waals surface area (Å²) < 4.78 is 31.7. The number of ether oxygens (including phenoxy) is 5. The van der Waals surface area contributed by atoms with Gasteiger partial charge in [-0.25, -0.2) is 4.79 Å². The predicted molar refractivity (Wildman–Crippen MR) is 156 cm³/mol. The van der Waals surface area contributed by atoms with Crippen molar-refractivity contribution in [1.29, 1.82) is 0 Å². The number of benzene rings is 4. The van der Waals surface area contributed by atoms with Crippen molar-refractivity contribution in [3.63, 3.8) is 0 Å². The highest BCUT2D eigenvalue weighted by molar-refractivity contribution is 5.89. The molecule has 0 aromatic heterocycles. The van der Waals surface area contributed by atoms with Crippen molar-refractivity contribution < 1.29 is 28.5 Å². The minimum absolute atomic E-state index is 0.295. The molecule has 0 amide bonds. The monoisotopic (exact) mass is 552 g/mol. The van der Waals surface area contributed by atoms with Gasteiger partial charge in [-0.05, 0) is 35.7 Å². The fourth-order valence-corrected chi connectivity index (χ4v) is 4.95. The molecular weight excluding hydrogens is 516 g/mol. The molecule has 1 aliphatic heterocycles. The van der Waals surface area contributed by atoms with Crippen LogP contribution >= 0.6 is 0 Å². The first-order valence-electron chi connectivity index (χ1n) is 14.0. The molecule has 1 fully saturated rings. The van der Waals surface area contributed by atoms with E-state index in [2.05, 4.69) is 0 Å². The Hall–Kier alpha value is -3.81. The van der Waals surface area contributed by atoms with E-state index in [0.717, 1.165) is 16.7 Å². The molecule has 0 N–H and O–H groups in total. The zero-order valence-corrected chi connectivity index (χ0v) is 23.2. The molecule has 5 rings (SSSR count). The van der Waals surface area contributed by atoms with Gasteiger partial charge in [0.05, 0.1) is 38.1 Å². The molecule has 212 valence electrons. The predicted octanol–water partition coefficient (Wildman–Crippen LogP) is 6.39. The third kappa shape index (κ3) is 8.12. The van der Waals surface area contributed by atoms with Crippen molar-refractivity contribution in [3.8, 4) is 0 Å². The molecule has 4 aromatic rings. The largest absolute Gasteiger partial charge is 0.453 e. The van der Waals surface area contributed by atoms with Gasteiger partial charge in [0.15, 0.2) is 6.10 Å². The summed E-state index contributed by atoms with van der Waals surface area (Å²) >= 11 is 0. The van der Waals surface area contributed by atoms with E-state index in [1.165, 1.54) is 0 Å². The van der Waals surface area contributed by atoms with Gasteiger partial charge < -0.3 is 23.7 Å². The Morgan fingerprint density at radius 2 is 1.07 bits per heavy atom. The maximum Gasteiger partial charge on any atom is 0.338 e. The van der Waals surface area contributed by atoms with E-state index in [0.29, 0.717) is 32.0 Å². The van der Waals surface area contributed by atoms with Crippen molar-refractivity contribution in [3.05, 3.63) is 144 Å². The van der Waals surface area contributed by atoms with Gasteiger partial charge in [-0.3, -0.25) is 0 Å². The average molecular weight is 553 g/mol. The Labute approximate surface area is 241 Å². The molecule has 0 bridgehead atoms. The molecule has 4 aromatic carbocycles. The SMILES string of the molecule is CC1OC(COCc2ccccc2)C(OCc2ccccc2)C(OCc2ccccc2)C1OC(=O)c1ccccc1. The van der Waals surface area contributed by atoms with E-state index in [-0.39, 0.29) is 0 Å². The molecule has 1 saturated heterocycles. The third-order valence-electron chi connectivity index (χ3n) is 7.08. The molecule has 5 atom stereocenters. The summed E-state index contributed by atoms with van der Waals surface area (Å²) in [6, 6.07) is 38.9. The van der Waals surface area contributed by atoms with Gasteiger partial charge in [-0.15, -0.1) is 0 Å². The second kappa shape index (κ2) is 14.7. The molecule has 0 spiro atoms. The smallest absolute Gasteiger partial charge is 0.338 e. The van der Waals surface area contributed by atoms with E-state index in [4.69, 9.17) is 23.7 Å². The molecular formula is C35H36O6. The van der Waals surface area contributed by atoms with Gasteiger partial charge in [0, 0.05) is 0 Å². The Balaban J connectivity index is 1.39. The van der Waals surface area contributed by atoms with Crippen molar-refractivity contribution in [2.45, 2.75) is 57.3 Å². The van der Waals surface area contributed by atoms with Crippen LogP contribution in [0, 0.1) is 0 Å². The topological polar surface area (TPSA) is 63.2 Å². The highest BCUT2D eigenvalue weighted by Crippen LogP contribution is 2.31.